The standard InChI is InChI=1S/C11H19NOS/c1-3-4-9(7-12)10(13)11-8(2)5-6-14-11/h5-6,9-10,13H,3-4,7,12H2,1-2H3. The van der Waals surface area contributed by atoms with E-state index in [0.29, 0.717) is 6.54 Å². The van der Waals surface area contributed by atoms with Gasteiger partial charge in [0, 0.05) is 10.8 Å². The summed E-state index contributed by atoms with van der Waals surface area (Å²) in [6.07, 6.45) is 1.69. The largest absolute Gasteiger partial charge is 0.387 e. The molecular weight excluding hydrogens is 194 g/mol. The van der Waals surface area contributed by atoms with Gasteiger partial charge in [0.25, 0.3) is 0 Å². The first-order valence-corrected chi connectivity index (χ1v) is 6.00. The van der Waals surface area contributed by atoms with E-state index in [1.54, 1.807) is 11.3 Å². The minimum atomic E-state index is -0.375. The number of rotatable bonds is 5. The summed E-state index contributed by atoms with van der Waals surface area (Å²) >= 11 is 1.62. The van der Waals surface area contributed by atoms with E-state index in [4.69, 9.17) is 5.73 Å². The van der Waals surface area contributed by atoms with Crippen LogP contribution in [0.2, 0.25) is 0 Å². The van der Waals surface area contributed by atoms with Crippen LogP contribution in [0.5, 0.6) is 0 Å². The topological polar surface area (TPSA) is 46.2 Å². The fourth-order valence-electron chi connectivity index (χ4n) is 1.68. The predicted molar refractivity (Wildman–Crippen MR) is 61.5 cm³/mol. The van der Waals surface area contributed by atoms with Crippen molar-refractivity contribution in [2.75, 3.05) is 6.54 Å². The second kappa shape index (κ2) is 5.49. The minimum absolute atomic E-state index is 0.206. The van der Waals surface area contributed by atoms with Crippen LogP contribution in [0, 0.1) is 12.8 Å². The van der Waals surface area contributed by atoms with Crippen LogP contribution in [0.1, 0.15) is 36.3 Å². The average Bonchev–Trinajstić information content (AvgIpc) is 2.59. The Kier molecular flexibility index (Phi) is 4.58. The van der Waals surface area contributed by atoms with E-state index in [1.165, 1.54) is 5.56 Å². The summed E-state index contributed by atoms with van der Waals surface area (Å²) in [5, 5.41) is 12.1. The van der Waals surface area contributed by atoms with Crippen LogP contribution in [-0.4, -0.2) is 11.7 Å². The van der Waals surface area contributed by atoms with Crippen molar-refractivity contribution in [1.82, 2.24) is 0 Å². The molecule has 80 valence electrons. The summed E-state index contributed by atoms with van der Waals surface area (Å²) in [5.74, 6) is 0.206. The van der Waals surface area contributed by atoms with Crippen molar-refractivity contribution < 1.29 is 5.11 Å². The lowest BCUT2D eigenvalue weighted by Crippen LogP contribution is -2.21. The highest BCUT2D eigenvalue weighted by Crippen LogP contribution is 2.31. The Balaban J connectivity index is 2.72. The van der Waals surface area contributed by atoms with E-state index >= 15 is 0 Å². The molecule has 0 saturated heterocycles. The molecule has 0 aliphatic heterocycles. The number of aryl methyl sites for hydroxylation is 1. The van der Waals surface area contributed by atoms with Crippen LogP contribution in [0.15, 0.2) is 11.4 Å². The van der Waals surface area contributed by atoms with Gasteiger partial charge in [0.2, 0.25) is 0 Å². The van der Waals surface area contributed by atoms with Gasteiger partial charge in [-0.3, -0.25) is 0 Å². The summed E-state index contributed by atoms with van der Waals surface area (Å²) in [7, 11) is 0. The minimum Gasteiger partial charge on any atom is -0.387 e. The van der Waals surface area contributed by atoms with Gasteiger partial charge in [0.1, 0.15) is 0 Å². The molecule has 3 heteroatoms. The summed E-state index contributed by atoms with van der Waals surface area (Å²) in [6.45, 7) is 4.72. The van der Waals surface area contributed by atoms with Gasteiger partial charge in [-0.15, -0.1) is 11.3 Å². The van der Waals surface area contributed by atoms with Gasteiger partial charge in [-0.1, -0.05) is 13.3 Å². The van der Waals surface area contributed by atoms with E-state index in [2.05, 4.69) is 6.92 Å². The van der Waals surface area contributed by atoms with Gasteiger partial charge in [-0.25, -0.2) is 0 Å². The molecule has 2 nitrogen and oxygen atoms in total. The lowest BCUT2D eigenvalue weighted by atomic mass is 9.95. The van der Waals surface area contributed by atoms with E-state index in [-0.39, 0.29) is 12.0 Å². The molecule has 0 fully saturated rings. The lowest BCUT2D eigenvalue weighted by molar-refractivity contribution is 0.109. The van der Waals surface area contributed by atoms with Crippen molar-refractivity contribution in [3.8, 4) is 0 Å². The molecule has 0 aliphatic carbocycles. The Hall–Kier alpha value is -0.380. The number of hydrogen-bond acceptors (Lipinski definition) is 3. The Morgan fingerprint density at radius 3 is 2.71 bits per heavy atom. The van der Waals surface area contributed by atoms with Crippen LogP contribution in [0.3, 0.4) is 0 Å². The maximum Gasteiger partial charge on any atom is 0.0924 e. The fourth-order valence-corrected chi connectivity index (χ4v) is 2.68. The third-order valence-corrected chi connectivity index (χ3v) is 3.67. The molecule has 14 heavy (non-hydrogen) atoms. The van der Waals surface area contributed by atoms with E-state index in [1.807, 2.05) is 18.4 Å². The number of aliphatic hydroxyl groups is 1. The monoisotopic (exact) mass is 213 g/mol. The molecule has 1 aromatic heterocycles. The zero-order valence-electron chi connectivity index (χ0n) is 8.86. The van der Waals surface area contributed by atoms with Crippen LogP contribution in [-0.2, 0) is 0 Å². The first kappa shape index (κ1) is 11.7. The first-order chi connectivity index (χ1) is 6.70. The van der Waals surface area contributed by atoms with Crippen LogP contribution in [0.25, 0.3) is 0 Å². The second-order valence-corrected chi connectivity index (χ2v) is 4.64. The van der Waals surface area contributed by atoms with Crippen LogP contribution in [0.4, 0.5) is 0 Å². The maximum atomic E-state index is 10.1. The van der Waals surface area contributed by atoms with Crippen molar-refractivity contribution in [1.29, 1.82) is 0 Å². The third-order valence-electron chi connectivity index (χ3n) is 2.58. The zero-order chi connectivity index (χ0) is 10.6. The molecule has 0 aliphatic rings. The highest BCUT2D eigenvalue weighted by atomic mass is 32.1. The summed E-state index contributed by atoms with van der Waals surface area (Å²) in [6, 6.07) is 2.04. The Labute approximate surface area is 89.8 Å². The molecule has 3 N–H and O–H groups in total. The van der Waals surface area contributed by atoms with Crippen molar-refractivity contribution in [2.24, 2.45) is 11.7 Å². The number of thiophene rings is 1. The SMILES string of the molecule is CCCC(CN)C(O)c1sccc1C. The van der Waals surface area contributed by atoms with Crippen molar-refractivity contribution in [3.63, 3.8) is 0 Å². The number of aliphatic hydroxyl groups excluding tert-OH is 1. The molecule has 0 spiro atoms. The molecule has 2 atom stereocenters. The molecule has 0 radical (unpaired) electrons. The van der Waals surface area contributed by atoms with Gasteiger partial charge < -0.3 is 10.8 Å². The molecule has 1 heterocycles. The predicted octanol–water partition coefficient (Wildman–Crippen LogP) is 2.46. The molecule has 1 rings (SSSR count). The molecule has 2 unspecified atom stereocenters. The quantitative estimate of drug-likeness (QED) is 0.789. The zero-order valence-corrected chi connectivity index (χ0v) is 9.68. The van der Waals surface area contributed by atoms with Crippen molar-refractivity contribution in [2.45, 2.75) is 32.8 Å². The Morgan fingerprint density at radius 2 is 2.29 bits per heavy atom. The molecule has 0 aromatic carbocycles. The van der Waals surface area contributed by atoms with Gasteiger partial charge in [-0.2, -0.15) is 0 Å². The first-order valence-electron chi connectivity index (χ1n) is 5.12. The average molecular weight is 213 g/mol. The number of nitrogens with two attached hydrogens (primary N) is 1. The molecule has 0 amide bonds. The van der Waals surface area contributed by atoms with Gasteiger partial charge in [0.05, 0.1) is 6.10 Å². The summed E-state index contributed by atoms with van der Waals surface area (Å²) in [4.78, 5) is 1.08. The van der Waals surface area contributed by atoms with Crippen molar-refractivity contribution >= 4 is 11.3 Å². The fraction of sp³-hybridized carbons (Fsp3) is 0.636. The van der Waals surface area contributed by atoms with Gasteiger partial charge >= 0.3 is 0 Å². The Bertz CT molecular complexity index is 272. The molecule has 0 saturated carbocycles. The van der Waals surface area contributed by atoms with E-state index in [9.17, 15) is 5.11 Å². The van der Waals surface area contributed by atoms with Crippen LogP contribution >= 0.6 is 11.3 Å². The molecular formula is C11H19NOS. The third kappa shape index (κ3) is 2.56. The highest BCUT2D eigenvalue weighted by Gasteiger charge is 2.21. The number of hydrogen-bond donors (Lipinski definition) is 2. The van der Waals surface area contributed by atoms with E-state index in [0.717, 1.165) is 17.7 Å². The maximum absolute atomic E-state index is 10.1. The lowest BCUT2D eigenvalue weighted by Gasteiger charge is -2.20. The van der Waals surface area contributed by atoms with Crippen LogP contribution < -0.4 is 5.73 Å². The van der Waals surface area contributed by atoms with Crippen molar-refractivity contribution in [3.05, 3.63) is 21.9 Å². The normalized spacial score (nSPS) is 15.4. The molecule has 1 aromatic rings. The second-order valence-electron chi connectivity index (χ2n) is 3.70. The summed E-state index contributed by atoms with van der Waals surface area (Å²) in [5.41, 5.74) is 6.84. The van der Waals surface area contributed by atoms with Gasteiger partial charge in [0.15, 0.2) is 0 Å². The smallest absolute Gasteiger partial charge is 0.0924 e. The highest BCUT2D eigenvalue weighted by molar-refractivity contribution is 7.10. The molecule has 0 bridgehead atoms. The Morgan fingerprint density at radius 1 is 1.57 bits per heavy atom. The van der Waals surface area contributed by atoms with Gasteiger partial charge in [-0.05, 0) is 36.9 Å². The van der Waals surface area contributed by atoms with E-state index < -0.39 is 0 Å². The summed E-state index contributed by atoms with van der Waals surface area (Å²) < 4.78 is 0.